The molecule has 0 aliphatic rings. The molecule has 2 aromatic rings. The van der Waals surface area contributed by atoms with Crippen LogP contribution in [0.2, 0.25) is 0 Å². The number of nitrogens with zero attached hydrogens (tertiary/aromatic N) is 1. The van der Waals surface area contributed by atoms with Crippen LogP contribution >= 0.6 is 15.9 Å². The zero-order valence-electron chi connectivity index (χ0n) is 13.6. The standard InChI is InChI=1S/C18H19BrN2O3/c1-3-13-5-4-6-15(9-13)24-12-18(22)21-20-11-14-7-8-17(23-2)16(19)10-14/h4-11H,3,12H2,1-2H3,(H,21,22)/b20-11+. The van der Waals surface area contributed by atoms with E-state index in [2.05, 4.69) is 33.4 Å². The molecule has 6 heteroatoms. The number of ether oxygens (including phenoxy) is 2. The summed E-state index contributed by atoms with van der Waals surface area (Å²) in [4.78, 5) is 11.7. The molecule has 1 amide bonds. The van der Waals surface area contributed by atoms with Crippen molar-refractivity contribution in [2.45, 2.75) is 13.3 Å². The van der Waals surface area contributed by atoms with Gasteiger partial charge in [0.15, 0.2) is 6.61 Å². The van der Waals surface area contributed by atoms with Crippen molar-refractivity contribution in [2.75, 3.05) is 13.7 Å². The van der Waals surface area contributed by atoms with E-state index in [0.717, 1.165) is 27.8 Å². The Bertz CT molecular complexity index is 732. The first kappa shape index (κ1) is 18.0. The number of hydrogen-bond acceptors (Lipinski definition) is 4. The highest BCUT2D eigenvalue weighted by molar-refractivity contribution is 9.10. The lowest BCUT2D eigenvalue weighted by molar-refractivity contribution is -0.123. The van der Waals surface area contributed by atoms with Crippen molar-refractivity contribution >= 4 is 28.1 Å². The monoisotopic (exact) mass is 390 g/mol. The van der Waals surface area contributed by atoms with E-state index in [1.54, 1.807) is 13.3 Å². The molecule has 0 bridgehead atoms. The third-order valence-corrected chi connectivity index (χ3v) is 3.88. The average Bonchev–Trinajstić information content (AvgIpc) is 2.60. The quantitative estimate of drug-likeness (QED) is 0.580. The minimum atomic E-state index is -0.319. The summed E-state index contributed by atoms with van der Waals surface area (Å²) in [7, 11) is 1.60. The maximum absolute atomic E-state index is 11.7. The van der Waals surface area contributed by atoms with Gasteiger partial charge in [-0.05, 0) is 63.8 Å². The van der Waals surface area contributed by atoms with Crippen molar-refractivity contribution in [1.82, 2.24) is 5.43 Å². The van der Waals surface area contributed by atoms with Crippen molar-refractivity contribution in [2.24, 2.45) is 5.10 Å². The number of rotatable bonds is 7. The van der Waals surface area contributed by atoms with Crippen molar-refractivity contribution in [3.8, 4) is 11.5 Å². The molecular formula is C18H19BrN2O3. The largest absolute Gasteiger partial charge is 0.496 e. The van der Waals surface area contributed by atoms with Gasteiger partial charge in [-0.1, -0.05) is 19.1 Å². The third-order valence-electron chi connectivity index (χ3n) is 3.26. The number of methoxy groups -OCH3 is 1. The van der Waals surface area contributed by atoms with Crippen LogP contribution in [0.15, 0.2) is 52.0 Å². The molecule has 0 saturated heterocycles. The van der Waals surface area contributed by atoms with Gasteiger partial charge in [-0.3, -0.25) is 4.79 Å². The zero-order chi connectivity index (χ0) is 17.4. The molecule has 0 aliphatic heterocycles. The van der Waals surface area contributed by atoms with Gasteiger partial charge >= 0.3 is 0 Å². The Labute approximate surface area is 149 Å². The van der Waals surface area contributed by atoms with E-state index in [1.807, 2.05) is 42.5 Å². The van der Waals surface area contributed by atoms with Crippen molar-refractivity contribution in [3.05, 3.63) is 58.1 Å². The van der Waals surface area contributed by atoms with Gasteiger partial charge in [-0.25, -0.2) is 5.43 Å². The van der Waals surface area contributed by atoms with Crippen LogP contribution in [0.5, 0.6) is 11.5 Å². The Morgan fingerprint density at radius 2 is 2.12 bits per heavy atom. The molecule has 0 fully saturated rings. The Morgan fingerprint density at radius 1 is 1.29 bits per heavy atom. The van der Waals surface area contributed by atoms with Crippen LogP contribution in [0, 0.1) is 0 Å². The molecule has 2 aromatic carbocycles. The molecule has 0 heterocycles. The number of hydrogen-bond donors (Lipinski definition) is 1. The van der Waals surface area contributed by atoms with Crippen LogP contribution in [-0.2, 0) is 11.2 Å². The topological polar surface area (TPSA) is 59.9 Å². The molecule has 1 N–H and O–H groups in total. The van der Waals surface area contributed by atoms with Crippen molar-refractivity contribution in [1.29, 1.82) is 0 Å². The maximum Gasteiger partial charge on any atom is 0.277 e. The highest BCUT2D eigenvalue weighted by Crippen LogP contribution is 2.24. The molecule has 0 aromatic heterocycles. The normalized spacial score (nSPS) is 10.6. The number of aryl methyl sites for hydroxylation is 1. The fraction of sp³-hybridized carbons (Fsp3) is 0.222. The van der Waals surface area contributed by atoms with E-state index < -0.39 is 0 Å². The van der Waals surface area contributed by atoms with E-state index in [4.69, 9.17) is 9.47 Å². The van der Waals surface area contributed by atoms with Crippen LogP contribution in [0.1, 0.15) is 18.1 Å². The van der Waals surface area contributed by atoms with Crippen LogP contribution < -0.4 is 14.9 Å². The number of halogens is 1. The minimum absolute atomic E-state index is 0.0865. The van der Waals surface area contributed by atoms with Gasteiger partial charge in [-0.15, -0.1) is 0 Å². The van der Waals surface area contributed by atoms with Crippen molar-refractivity contribution < 1.29 is 14.3 Å². The molecule has 0 spiro atoms. The molecule has 0 aliphatic carbocycles. The number of benzene rings is 2. The summed E-state index contributed by atoms with van der Waals surface area (Å²) in [5.74, 6) is 1.09. The minimum Gasteiger partial charge on any atom is -0.496 e. The van der Waals surface area contributed by atoms with Gasteiger partial charge in [0.05, 0.1) is 17.8 Å². The molecule has 0 saturated carbocycles. The van der Waals surface area contributed by atoms with Crippen LogP contribution in [0.4, 0.5) is 0 Å². The molecule has 2 rings (SSSR count). The second-order valence-corrected chi connectivity index (χ2v) is 5.83. The zero-order valence-corrected chi connectivity index (χ0v) is 15.2. The Hall–Kier alpha value is -2.34. The molecule has 5 nitrogen and oxygen atoms in total. The third kappa shape index (κ3) is 5.38. The van der Waals surface area contributed by atoms with Gasteiger partial charge in [0.25, 0.3) is 5.91 Å². The maximum atomic E-state index is 11.7. The lowest BCUT2D eigenvalue weighted by Crippen LogP contribution is -2.24. The van der Waals surface area contributed by atoms with E-state index in [9.17, 15) is 4.79 Å². The molecular weight excluding hydrogens is 372 g/mol. The summed E-state index contributed by atoms with van der Waals surface area (Å²) in [6, 6.07) is 13.2. The second kappa shape index (κ2) is 9.08. The number of carbonyl (C=O) groups is 1. The Kier molecular flexibility index (Phi) is 6.81. The number of amides is 1. The predicted octanol–water partition coefficient (Wildman–Crippen LogP) is 3.55. The van der Waals surface area contributed by atoms with Gasteiger partial charge in [-0.2, -0.15) is 5.10 Å². The number of nitrogens with one attached hydrogen (secondary N) is 1. The highest BCUT2D eigenvalue weighted by Gasteiger charge is 2.03. The van der Waals surface area contributed by atoms with E-state index in [1.165, 1.54) is 0 Å². The van der Waals surface area contributed by atoms with Gasteiger partial charge in [0, 0.05) is 0 Å². The van der Waals surface area contributed by atoms with E-state index in [0.29, 0.717) is 5.75 Å². The lowest BCUT2D eigenvalue weighted by atomic mass is 10.2. The first-order valence-electron chi connectivity index (χ1n) is 7.49. The molecule has 24 heavy (non-hydrogen) atoms. The first-order chi connectivity index (χ1) is 11.6. The summed E-state index contributed by atoms with van der Waals surface area (Å²) < 4.78 is 11.4. The average molecular weight is 391 g/mol. The number of hydrazone groups is 1. The lowest BCUT2D eigenvalue weighted by Gasteiger charge is -2.06. The van der Waals surface area contributed by atoms with Crippen LogP contribution in [0.3, 0.4) is 0 Å². The van der Waals surface area contributed by atoms with Gasteiger partial charge in [0.2, 0.25) is 0 Å². The highest BCUT2D eigenvalue weighted by atomic mass is 79.9. The summed E-state index contributed by atoms with van der Waals surface area (Å²) in [6.45, 7) is 1.98. The fourth-order valence-corrected chi connectivity index (χ4v) is 2.54. The molecule has 0 radical (unpaired) electrons. The molecule has 0 unspecified atom stereocenters. The van der Waals surface area contributed by atoms with Gasteiger partial charge in [0.1, 0.15) is 11.5 Å². The molecule has 0 atom stereocenters. The second-order valence-electron chi connectivity index (χ2n) is 4.98. The SMILES string of the molecule is CCc1cccc(OCC(=O)N/N=C/c2ccc(OC)c(Br)c2)c1. The fourth-order valence-electron chi connectivity index (χ4n) is 1.98. The summed E-state index contributed by atoms with van der Waals surface area (Å²) in [6.07, 6.45) is 2.48. The smallest absolute Gasteiger partial charge is 0.277 e. The van der Waals surface area contributed by atoms with Crippen molar-refractivity contribution in [3.63, 3.8) is 0 Å². The van der Waals surface area contributed by atoms with E-state index >= 15 is 0 Å². The number of carbonyl (C=O) groups excluding carboxylic acids is 1. The summed E-state index contributed by atoms with van der Waals surface area (Å²) in [5, 5.41) is 3.92. The van der Waals surface area contributed by atoms with E-state index in [-0.39, 0.29) is 12.5 Å². The Balaban J connectivity index is 1.83. The first-order valence-corrected chi connectivity index (χ1v) is 8.29. The molecule has 126 valence electrons. The predicted molar refractivity (Wildman–Crippen MR) is 97.7 cm³/mol. The summed E-state index contributed by atoms with van der Waals surface area (Å²) in [5.41, 5.74) is 4.43. The summed E-state index contributed by atoms with van der Waals surface area (Å²) >= 11 is 3.40. The Morgan fingerprint density at radius 3 is 2.83 bits per heavy atom. The van der Waals surface area contributed by atoms with Crippen LogP contribution in [0.25, 0.3) is 0 Å². The van der Waals surface area contributed by atoms with Crippen LogP contribution in [-0.4, -0.2) is 25.8 Å². The van der Waals surface area contributed by atoms with Gasteiger partial charge < -0.3 is 9.47 Å².